The van der Waals surface area contributed by atoms with Crippen LogP contribution >= 0.6 is 0 Å². The third-order valence-electron chi connectivity index (χ3n) is 4.88. The summed E-state index contributed by atoms with van der Waals surface area (Å²) in [5.74, 6) is 0.515. The highest BCUT2D eigenvalue weighted by Crippen LogP contribution is 2.51. The molecule has 0 bridgehead atoms. The molecule has 10 nitrogen and oxygen atoms in total. The minimum atomic E-state index is -0.644. The topological polar surface area (TPSA) is 115 Å². The van der Waals surface area contributed by atoms with E-state index < -0.39 is 11.2 Å². The van der Waals surface area contributed by atoms with Crippen LogP contribution in [-0.4, -0.2) is 54.9 Å². The van der Waals surface area contributed by atoms with Gasteiger partial charge < -0.3 is 42.7 Å². The zero-order valence-corrected chi connectivity index (χ0v) is 18.8. The monoisotopic (exact) mass is 448 g/mol. The maximum Gasteiger partial charge on any atom is 0.239 e. The quantitative estimate of drug-likeness (QED) is 0.551. The number of rotatable bonds is 8. The lowest BCUT2D eigenvalue weighted by atomic mass is 10.1. The summed E-state index contributed by atoms with van der Waals surface area (Å²) in [6.45, 7) is 0. The van der Waals surface area contributed by atoms with Gasteiger partial charge in [0.1, 0.15) is 5.39 Å². The van der Waals surface area contributed by atoms with E-state index in [1.807, 2.05) is 0 Å². The van der Waals surface area contributed by atoms with Crippen molar-refractivity contribution in [3.63, 3.8) is 0 Å². The maximum atomic E-state index is 13.4. The molecule has 1 N–H and O–H groups in total. The van der Waals surface area contributed by atoms with Gasteiger partial charge in [-0.15, -0.1) is 0 Å². The Morgan fingerprint density at radius 2 is 1.16 bits per heavy atom. The number of phenols is 1. The van der Waals surface area contributed by atoms with Crippen molar-refractivity contribution in [3.8, 4) is 57.3 Å². The average molecular weight is 448 g/mol. The lowest BCUT2D eigenvalue weighted by Crippen LogP contribution is -2.10. The Balaban J connectivity index is 2.51. The van der Waals surface area contributed by atoms with Gasteiger partial charge in [0.25, 0.3) is 0 Å². The fourth-order valence-corrected chi connectivity index (χ4v) is 3.47. The Morgan fingerprint density at radius 1 is 0.656 bits per heavy atom. The zero-order valence-electron chi connectivity index (χ0n) is 18.8. The van der Waals surface area contributed by atoms with Crippen molar-refractivity contribution in [1.82, 2.24) is 0 Å². The molecule has 0 aliphatic rings. The Bertz CT molecular complexity index is 1190. The van der Waals surface area contributed by atoms with E-state index in [2.05, 4.69) is 0 Å². The normalized spacial score (nSPS) is 10.6. The number of ether oxygens (including phenoxy) is 7. The molecule has 0 spiro atoms. The average Bonchev–Trinajstić information content (AvgIpc) is 2.82. The highest BCUT2D eigenvalue weighted by Gasteiger charge is 2.30. The van der Waals surface area contributed by atoms with Gasteiger partial charge in [-0.25, -0.2) is 0 Å². The molecule has 0 aliphatic heterocycles. The summed E-state index contributed by atoms with van der Waals surface area (Å²) in [5.41, 5.74) is -0.307. The number of aromatic hydroxyl groups is 1. The van der Waals surface area contributed by atoms with Gasteiger partial charge in [-0.1, -0.05) is 0 Å². The molecule has 0 amide bonds. The van der Waals surface area contributed by atoms with E-state index in [4.69, 9.17) is 37.6 Å². The van der Waals surface area contributed by atoms with E-state index in [1.165, 1.54) is 49.8 Å². The number of phenolic OH excluding ortho intramolecular Hbond substituents is 1. The van der Waals surface area contributed by atoms with Crippen LogP contribution in [0.25, 0.3) is 22.3 Å². The second-order valence-electron chi connectivity index (χ2n) is 6.36. The van der Waals surface area contributed by atoms with Crippen LogP contribution in [0, 0.1) is 0 Å². The van der Waals surface area contributed by atoms with Crippen molar-refractivity contribution in [2.75, 3.05) is 49.8 Å². The molecule has 0 atom stereocenters. The van der Waals surface area contributed by atoms with Crippen LogP contribution < -0.4 is 38.6 Å². The molecule has 3 rings (SSSR count). The third-order valence-corrected chi connectivity index (χ3v) is 4.88. The molecule has 0 aliphatic carbocycles. The van der Waals surface area contributed by atoms with Crippen LogP contribution in [-0.2, 0) is 0 Å². The predicted molar refractivity (Wildman–Crippen MR) is 115 cm³/mol. The minimum Gasteiger partial charge on any atom is -0.504 e. The number of benzene rings is 2. The third kappa shape index (κ3) is 3.33. The Labute approximate surface area is 183 Å². The minimum absolute atomic E-state index is 0.0502. The highest BCUT2D eigenvalue weighted by molar-refractivity contribution is 5.96. The number of fused-ring (bicyclic) bond motifs is 1. The van der Waals surface area contributed by atoms with Crippen LogP contribution in [0.1, 0.15) is 0 Å². The summed E-state index contributed by atoms with van der Waals surface area (Å²) < 4.78 is 43.6. The van der Waals surface area contributed by atoms with Gasteiger partial charge in [0.2, 0.25) is 34.2 Å². The van der Waals surface area contributed by atoms with Crippen molar-refractivity contribution >= 4 is 11.0 Å². The largest absolute Gasteiger partial charge is 0.504 e. The Kier molecular flexibility index (Phi) is 6.42. The molecule has 10 heteroatoms. The summed E-state index contributed by atoms with van der Waals surface area (Å²) >= 11 is 0. The molecular weight excluding hydrogens is 424 g/mol. The molecule has 0 radical (unpaired) electrons. The summed E-state index contributed by atoms with van der Waals surface area (Å²) in [7, 11) is 9.79. The molecule has 172 valence electrons. The van der Waals surface area contributed by atoms with Crippen molar-refractivity contribution in [1.29, 1.82) is 0 Å². The molecule has 0 unspecified atom stereocenters. The van der Waals surface area contributed by atoms with Gasteiger partial charge in [-0.3, -0.25) is 4.79 Å². The standard InChI is InChI=1S/C22H24O10/c1-25-11-8-10(9-12(26-2)17(11)27-3)16-19(28-4)14(23)13-15(24)20(29-5)22(31-7)21(30-6)18(13)32-16/h8-9,24H,1-7H3. The predicted octanol–water partition coefficient (Wildman–Crippen LogP) is 3.23. The first-order valence-corrected chi connectivity index (χ1v) is 9.28. The van der Waals surface area contributed by atoms with Crippen molar-refractivity contribution < 1.29 is 42.7 Å². The van der Waals surface area contributed by atoms with Gasteiger partial charge in [0.15, 0.2) is 28.6 Å². The summed E-state index contributed by atoms with van der Waals surface area (Å²) in [4.78, 5) is 13.4. The van der Waals surface area contributed by atoms with E-state index >= 15 is 0 Å². The first-order valence-electron chi connectivity index (χ1n) is 9.28. The first-order chi connectivity index (χ1) is 15.4. The molecule has 3 aromatic rings. The van der Waals surface area contributed by atoms with Crippen LogP contribution in [0.2, 0.25) is 0 Å². The highest BCUT2D eigenvalue weighted by atomic mass is 16.5. The van der Waals surface area contributed by atoms with Crippen LogP contribution in [0.3, 0.4) is 0 Å². The molecule has 1 aromatic heterocycles. The van der Waals surface area contributed by atoms with E-state index in [-0.39, 0.29) is 39.7 Å². The molecule has 0 fully saturated rings. The van der Waals surface area contributed by atoms with Gasteiger partial charge >= 0.3 is 0 Å². The molecule has 0 saturated carbocycles. The van der Waals surface area contributed by atoms with E-state index in [0.717, 1.165) is 0 Å². The summed E-state index contributed by atoms with van der Waals surface area (Å²) in [6, 6.07) is 3.20. The summed E-state index contributed by atoms with van der Waals surface area (Å²) in [6.07, 6.45) is 0. The van der Waals surface area contributed by atoms with E-state index in [9.17, 15) is 9.90 Å². The fourth-order valence-electron chi connectivity index (χ4n) is 3.47. The Hall–Kier alpha value is -3.95. The van der Waals surface area contributed by atoms with Crippen LogP contribution in [0.4, 0.5) is 0 Å². The lowest BCUT2D eigenvalue weighted by molar-refractivity contribution is 0.310. The first kappa shape index (κ1) is 22.7. The van der Waals surface area contributed by atoms with Crippen molar-refractivity contribution in [3.05, 3.63) is 22.4 Å². The summed E-state index contributed by atoms with van der Waals surface area (Å²) in [5, 5.41) is 10.6. The van der Waals surface area contributed by atoms with E-state index in [1.54, 1.807) is 12.1 Å². The molecule has 1 heterocycles. The van der Waals surface area contributed by atoms with Crippen LogP contribution in [0.5, 0.6) is 46.0 Å². The maximum absolute atomic E-state index is 13.4. The van der Waals surface area contributed by atoms with Gasteiger partial charge in [0.05, 0.1) is 49.8 Å². The van der Waals surface area contributed by atoms with E-state index in [0.29, 0.717) is 22.8 Å². The molecular formula is C22H24O10. The van der Waals surface area contributed by atoms with Gasteiger partial charge in [-0.2, -0.15) is 0 Å². The van der Waals surface area contributed by atoms with Crippen molar-refractivity contribution in [2.45, 2.75) is 0 Å². The Morgan fingerprint density at radius 3 is 1.59 bits per heavy atom. The molecule has 0 saturated heterocycles. The van der Waals surface area contributed by atoms with Gasteiger partial charge in [0, 0.05) is 5.56 Å². The smallest absolute Gasteiger partial charge is 0.239 e. The number of methoxy groups -OCH3 is 7. The second-order valence-corrected chi connectivity index (χ2v) is 6.36. The van der Waals surface area contributed by atoms with Crippen LogP contribution in [0.15, 0.2) is 21.3 Å². The zero-order chi connectivity index (χ0) is 23.6. The fraction of sp³-hybridized carbons (Fsp3) is 0.318. The number of hydrogen-bond acceptors (Lipinski definition) is 10. The SMILES string of the molecule is COc1cc(-c2oc3c(OC)c(OC)c(OC)c(O)c3c(=O)c2OC)cc(OC)c1OC. The number of hydrogen-bond donors (Lipinski definition) is 1. The molecule has 2 aromatic carbocycles. The second kappa shape index (κ2) is 9.04. The van der Waals surface area contributed by atoms with Crippen molar-refractivity contribution in [2.24, 2.45) is 0 Å². The molecule has 32 heavy (non-hydrogen) atoms. The van der Waals surface area contributed by atoms with Gasteiger partial charge in [-0.05, 0) is 12.1 Å². The lowest BCUT2D eigenvalue weighted by Gasteiger charge is -2.18.